The van der Waals surface area contributed by atoms with Crippen LogP contribution in [0.5, 0.6) is 5.75 Å². The first kappa shape index (κ1) is 17.6. The number of aromatic hydroxyl groups is 1. The van der Waals surface area contributed by atoms with Crippen LogP contribution in [0.2, 0.25) is 0 Å². The van der Waals surface area contributed by atoms with E-state index in [1.54, 1.807) is 10.8 Å². The molecule has 5 rings (SSSR count). The largest absolute Gasteiger partial charge is 0.507 e. The lowest BCUT2D eigenvalue weighted by molar-refractivity contribution is 0.280. The first-order chi connectivity index (χ1) is 14.1. The highest BCUT2D eigenvalue weighted by Crippen LogP contribution is 2.35. The Balaban J connectivity index is 1.74. The summed E-state index contributed by atoms with van der Waals surface area (Å²) >= 11 is 0. The molecule has 3 aromatic heterocycles. The summed E-state index contributed by atoms with van der Waals surface area (Å²) in [4.78, 5) is 9.37. The molecule has 3 heterocycles. The van der Waals surface area contributed by atoms with Crippen LogP contribution in [0, 0.1) is 13.8 Å². The lowest BCUT2D eigenvalue weighted by Gasteiger charge is -2.05. The lowest BCUT2D eigenvalue weighted by Crippen LogP contribution is -2.03. The average molecular weight is 387 g/mol. The van der Waals surface area contributed by atoms with Gasteiger partial charge in [-0.05, 0) is 37.3 Å². The summed E-state index contributed by atoms with van der Waals surface area (Å²) in [5, 5.41) is 27.3. The molecule has 0 aliphatic rings. The molecule has 0 spiro atoms. The molecule has 0 aliphatic heterocycles. The Morgan fingerprint density at radius 3 is 2.69 bits per heavy atom. The monoisotopic (exact) mass is 387 g/mol. The van der Waals surface area contributed by atoms with Crippen LogP contribution in [0.4, 0.5) is 0 Å². The third kappa shape index (κ3) is 2.58. The van der Waals surface area contributed by atoms with Crippen LogP contribution in [0.25, 0.3) is 38.8 Å². The Kier molecular flexibility index (Phi) is 3.99. The number of aliphatic hydroxyl groups excluding tert-OH is 1. The van der Waals surface area contributed by atoms with Gasteiger partial charge in [0.1, 0.15) is 17.7 Å². The van der Waals surface area contributed by atoms with Gasteiger partial charge in [0.15, 0.2) is 11.5 Å². The second kappa shape index (κ2) is 6.56. The van der Waals surface area contributed by atoms with Gasteiger partial charge < -0.3 is 14.8 Å². The number of fused-ring (bicyclic) bond motifs is 4. The molecule has 2 N–H and O–H groups in total. The van der Waals surface area contributed by atoms with Crippen molar-refractivity contribution in [2.75, 3.05) is 6.61 Å². The Morgan fingerprint density at radius 1 is 1.03 bits per heavy atom. The zero-order valence-corrected chi connectivity index (χ0v) is 16.3. The van der Waals surface area contributed by atoms with Crippen molar-refractivity contribution in [2.45, 2.75) is 26.8 Å². The van der Waals surface area contributed by atoms with E-state index in [-0.39, 0.29) is 12.4 Å². The Labute approximate surface area is 166 Å². The molecular weight excluding hydrogens is 366 g/mol. The molecule has 0 fully saturated rings. The topological polar surface area (TPSA) is 88.5 Å². The fraction of sp³-hybridized carbons (Fsp3) is 0.227. The summed E-state index contributed by atoms with van der Waals surface area (Å²) in [5.41, 5.74) is 4.34. The van der Waals surface area contributed by atoms with E-state index in [0.29, 0.717) is 30.0 Å². The van der Waals surface area contributed by atoms with Crippen molar-refractivity contribution in [3.8, 4) is 17.1 Å². The number of phenols is 1. The summed E-state index contributed by atoms with van der Waals surface area (Å²) in [7, 11) is 0. The predicted molar refractivity (Wildman–Crippen MR) is 112 cm³/mol. The minimum absolute atomic E-state index is 0.136. The maximum absolute atomic E-state index is 10.8. The first-order valence-corrected chi connectivity index (χ1v) is 9.63. The number of nitrogens with zero attached hydrogens (tertiary/aromatic N) is 5. The molecule has 7 nitrogen and oxygen atoms in total. The van der Waals surface area contributed by atoms with Crippen molar-refractivity contribution in [2.24, 2.45) is 0 Å². The number of aromatic nitrogens is 5. The minimum atomic E-state index is 0.136. The molecule has 29 heavy (non-hydrogen) atoms. The summed E-state index contributed by atoms with van der Waals surface area (Å²) in [5.74, 6) is 0.638. The van der Waals surface area contributed by atoms with E-state index in [9.17, 15) is 10.2 Å². The molecular formula is C22H21N5O2. The number of aryl methyl sites for hydroxylation is 2. The van der Waals surface area contributed by atoms with Gasteiger partial charge in [-0.3, -0.25) is 0 Å². The van der Waals surface area contributed by atoms with Crippen molar-refractivity contribution >= 4 is 27.5 Å². The third-order valence-electron chi connectivity index (χ3n) is 5.63. The fourth-order valence-corrected chi connectivity index (χ4v) is 3.98. The minimum Gasteiger partial charge on any atom is -0.507 e. The van der Waals surface area contributed by atoms with Crippen LogP contribution in [-0.2, 0) is 6.54 Å². The highest BCUT2D eigenvalue weighted by Gasteiger charge is 2.19. The quantitative estimate of drug-likeness (QED) is 0.492. The van der Waals surface area contributed by atoms with E-state index < -0.39 is 0 Å². The normalized spacial score (nSPS) is 11.8. The second-order valence-electron chi connectivity index (χ2n) is 7.27. The molecule has 0 radical (unpaired) electrons. The number of benzene rings is 2. The maximum Gasteiger partial charge on any atom is 0.185 e. The molecule has 0 saturated carbocycles. The van der Waals surface area contributed by atoms with Crippen molar-refractivity contribution < 1.29 is 10.2 Å². The molecule has 0 bridgehead atoms. The molecule has 0 aliphatic carbocycles. The summed E-state index contributed by atoms with van der Waals surface area (Å²) < 4.78 is 3.78. The van der Waals surface area contributed by atoms with Crippen molar-refractivity contribution in [3.05, 3.63) is 54.0 Å². The number of phenolic OH excluding ortho intramolecular Hbond substituents is 1. The van der Waals surface area contributed by atoms with Gasteiger partial charge in [-0.2, -0.15) is 0 Å². The highest BCUT2D eigenvalue weighted by molar-refractivity contribution is 5.96. The molecule has 0 saturated heterocycles. The molecule has 7 heteroatoms. The van der Waals surface area contributed by atoms with Crippen LogP contribution < -0.4 is 0 Å². The lowest BCUT2D eigenvalue weighted by atomic mass is 10.1. The average Bonchev–Trinajstić information content (AvgIpc) is 3.26. The summed E-state index contributed by atoms with van der Waals surface area (Å²) in [6, 6.07) is 11.5. The molecule has 0 amide bonds. The van der Waals surface area contributed by atoms with Gasteiger partial charge in [-0.25, -0.2) is 14.5 Å². The van der Waals surface area contributed by atoms with Gasteiger partial charge in [0.25, 0.3) is 0 Å². The van der Waals surface area contributed by atoms with E-state index in [1.807, 2.05) is 36.4 Å². The molecule has 0 unspecified atom stereocenters. The van der Waals surface area contributed by atoms with E-state index in [0.717, 1.165) is 33.1 Å². The van der Waals surface area contributed by atoms with E-state index in [1.165, 1.54) is 0 Å². The van der Waals surface area contributed by atoms with Gasteiger partial charge in [0, 0.05) is 24.2 Å². The van der Waals surface area contributed by atoms with E-state index in [2.05, 4.69) is 28.5 Å². The zero-order chi connectivity index (χ0) is 20.1. The first-order valence-electron chi connectivity index (χ1n) is 9.63. The Hall–Kier alpha value is -3.45. The molecule has 0 atom stereocenters. The number of aliphatic hydroxyl groups is 1. The smallest absolute Gasteiger partial charge is 0.185 e. The van der Waals surface area contributed by atoms with Crippen molar-refractivity contribution in [1.82, 2.24) is 24.1 Å². The molecule has 2 aromatic carbocycles. The van der Waals surface area contributed by atoms with Crippen LogP contribution in [0.3, 0.4) is 0 Å². The number of hydrogen-bond donors (Lipinski definition) is 2. The van der Waals surface area contributed by atoms with Gasteiger partial charge in [-0.1, -0.05) is 30.3 Å². The van der Waals surface area contributed by atoms with E-state index >= 15 is 0 Å². The van der Waals surface area contributed by atoms with Gasteiger partial charge in [0.05, 0.1) is 10.9 Å². The van der Waals surface area contributed by atoms with Crippen LogP contribution in [-0.4, -0.2) is 41.0 Å². The van der Waals surface area contributed by atoms with Crippen LogP contribution in [0.15, 0.2) is 42.7 Å². The predicted octanol–water partition coefficient (Wildman–Crippen LogP) is 3.60. The number of hydrogen-bond acceptors (Lipinski definition) is 5. The SMILES string of the molecule is Cc1c(C)n(CCCO)c2ncn3nc(-c4ccc5ccccc5c4O)nc3c12. The standard InChI is InChI=1S/C22H21N5O2/c1-13-14(2)26(10-5-11-28)21-18(13)22-24-20(25-27(22)12-23-21)17-9-8-15-6-3-4-7-16(15)19(17)29/h3-4,6-9,12,28-29H,5,10-11H2,1-2H3. The summed E-state index contributed by atoms with van der Waals surface area (Å²) in [6.45, 7) is 4.94. The summed E-state index contributed by atoms with van der Waals surface area (Å²) in [6.07, 6.45) is 2.32. The Morgan fingerprint density at radius 2 is 1.86 bits per heavy atom. The van der Waals surface area contributed by atoms with Crippen LogP contribution in [0.1, 0.15) is 17.7 Å². The third-order valence-corrected chi connectivity index (χ3v) is 5.63. The molecule has 5 aromatic rings. The second-order valence-corrected chi connectivity index (χ2v) is 7.27. The maximum atomic E-state index is 10.8. The van der Waals surface area contributed by atoms with Crippen molar-refractivity contribution in [1.29, 1.82) is 0 Å². The van der Waals surface area contributed by atoms with Crippen molar-refractivity contribution in [3.63, 3.8) is 0 Å². The Bertz CT molecular complexity index is 1380. The van der Waals surface area contributed by atoms with Gasteiger partial charge >= 0.3 is 0 Å². The number of rotatable bonds is 4. The highest BCUT2D eigenvalue weighted by atomic mass is 16.3. The molecule has 146 valence electrons. The zero-order valence-electron chi connectivity index (χ0n) is 16.3. The van der Waals surface area contributed by atoms with Gasteiger partial charge in [-0.15, -0.1) is 5.10 Å². The fourth-order valence-electron chi connectivity index (χ4n) is 3.98. The van der Waals surface area contributed by atoms with E-state index in [4.69, 9.17) is 4.98 Å². The van der Waals surface area contributed by atoms with Crippen LogP contribution >= 0.6 is 0 Å². The van der Waals surface area contributed by atoms with Gasteiger partial charge in [0.2, 0.25) is 0 Å².